The summed E-state index contributed by atoms with van der Waals surface area (Å²) in [7, 11) is 0. The molecule has 2 atom stereocenters. The zero-order chi connectivity index (χ0) is 16.1. The van der Waals surface area contributed by atoms with Crippen molar-refractivity contribution in [1.29, 1.82) is 0 Å². The maximum Gasteiger partial charge on any atom is 0.0291 e. The number of hydrogen-bond acceptors (Lipinski definition) is 1. The number of hydrogen-bond donors (Lipinski definition) is 1. The van der Waals surface area contributed by atoms with Crippen LogP contribution in [0.2, 0.25) is 0 Å². The predicted molar refractivity (Wildman–Crippen MR) is 96.4 cm³/mol. The van der Waals surface area contributed by atoms with Crippen LogP contribution in [-0.4, -0.2) is 6.04 Å². The van der Waals surface area contributed by atoms with Gasteiger partial charge < -0.3 is 5.73 Å². The highest BCUT2D eigenvalue weighted by Gasteiger charge is 2.08. The van der Waals surface area contributed by atoms with Crippen LogP contribution in [0.15, 0.2) is 55.6 Å². The Morgan fingerprint density at radius 2 is 1.76 bits per heavy atom. The molecule has 0 spiro atoms. The molecule has 0 saturated carbocycles. The second-order valence-electron chi connectivity index (χ2n) is 5.71. The SMILES string of the molecule is C=C.C=C(CCCCC(C)CC)C(N)Cc1ccccc1. The highest BCUT2D eigenvalue weighted by Crippen LogP contribution is 2.17. The summed E-state index contributed by atoms with van der Waals surface area (Å²) >= 11 is 0. The minimum absolute atomic E-state index is 0.103. The van der Waals surface area contributed by atoms with E-state index in [9.17, 15) is 0 Å². The number of rotatable bonds is 9. The standard InChI is InChI=1S/C18H29N.C2H4/c1-4-15(2)10-8-9-11-16(3)18(19)14-17-12-6-5-7-13-17;1-2/h5-7,12-13,15,18H,3-4,8-11,14,19H2,1-2H3;1-2H2. The Kier molecular flexibility index (Phi) is 11.6. The average molecular weight is 287 g/mol. The lowest BCUT2D eigenvalue weighted by Gasteiger charge is -2.15. The molecule has 0 heterocycles. The van der Waals surface area contributed by atoms with E-state index in [0.717, 1.165) is 18.8 Å². The van der Waals surface area contributed by atoms with Crippen molar-refractivity contribution in [3.8, 4) is 0 Å². The summed E-state index contributed by atoms with van der Waals surface area (Å²) in [6.07, 6.45) is 7.12. The third-order valence-corrected chi connectivity index (χ3v) is 3.96. The molecule has 1 aromatic rings. The van der Waals surface area contributed by atoms with Crippen LogP contribution in [0.3, 0.4) is 0 Å². The van der Waals surface area contributed by atoms with Gasteiger partial charge >= 0.3 is 0 Å². The molecule has 21 heavy (non-hydrogen) atoms. The van der Waals surface area contributed by atoms with E-state index in [1.54, 1.807) is 0 Å². The van der Waals surface area contributed by atoms with Gasteiger partial charge in [-0.2, -0.15) is 0 Å². The maximum absolute atomic E-state index is 6.22. The van der Waals surface area contributed by atoms with Crippen molar-refractivity contribution in [2.24, 2.45) is 11.7 Å². The van der Waals surface area contributed by atoms with Gasteiger partial charge in [0.05, 0.1) is 0 Å². The maximum atomic E-state index is 6.22. The van der Waals surface area contributed by atoms with Crippen LogP contribution >= 0.6 is 0 Å². The molecule has 1 nitrogen and oxygen atoms in total. The van der Waals surface area contributed by atoms with Gasteiger partial charge in [0.2, 0.25) is 0 Å². The fourth-order valence-corrected chi connectivity index (χ4v) is 2.25. The molecule has 0 radical (unpaired) electrons. The van der Waals surface area contributed by atoms with E-state index in [-0.39, 0.29) is 6.04 Å². The first kappa shape index (κ1) is 19.7. The number of nitrogens with two attached hydrogens (primary N) is 1. The third-order valence-electron chi connectivity index (χ3n) is 3.96. The average Bonchev–Trinajstić information content (AvgIpc) is 2.53. The quantitative estimate of drug-likeness (QED) is 0.469. The van der Waals surface area contributed by atoms with E-state index >= 15 is 0 Å². The van der Waals surface area contributed by atoms with Gasteiger partial charge in [0.1, 0.15) is 0 Å². The van der Waals surface area contributed by atoms with Gasteiger partial charge in [0.15, 0.2) is 0 Å². The predicted octanol–water partition coefficient (Wildman–Crippen LogP) is 5.52. The van der Waals surface area contributed by atoms with Gasteiger partial charge in [0, 0.05) is 6.04 Å². The zero-order valence-electron chi connectivity index (χ0n) is 14.0. The van der Waals surface area contributed by atoms with Crippen LogP contribution in [0.25, 0.3) is 0 Å². The summed E-state index contributed by atoms with van der Waals surface area (Å²) in [4.78, 5) is 0. The van der Waals surface area contributed by atoms with Gasteiger partial charge in [-0.1, -0.05) is 75.6 Å². The molecule has 118 valence electrons. The molecule has 0 saturated heterocycles. The van der Waals surface area contributed by atoms with Gasteiger partial charge in [0.25, 0.3) is 0 Å². The molecular formula is C20H33N. The normalized spacial score (nSPS) is 12.9. The molecule has 1 heteroatoms. The first-order valence-corrected chi connectivity index (χ1v) is 8.10. The van der Waals surface area contributed by atoms with Crippen LogP contribution < -0.4 is 5.73 Å². The Labute approximate surface area is 132 Å². The Hall–Kier alpha value is -1.34. The Balaban J connectivity index is 0.00000191. The van der Waals surface area contributed by atoms with E-state index in [1.165, 1.54) is 36.8 Å². The molecule has 0 fully saturated rings. The Morgan fingerprint density at radius 3 is 2.33 bits per heavy atom. The van der Waals surface area contributed by atoms with Crippen LogP contribution in [0, 0.1) is 5.92 Å². The van der Waals surface area contributed by atoms with Crippen molar-refractivity contribution in [1.82, 2.24) is 0 Å². The smallest absolute Gasteiger partial charge is 0.0291 e. The largest absolute Gasteiger partial charge is 0.324 e. The molecule has 0 aliphatic heterocycles. The molecule has 0 bridgehead atoms. The molecule has 2 N–H and O–H groups in total. The van der Waals surface area contributed by atoms with E-state index in [2.05, 4.69) is 57.8 Å². The monoisotopic (exact) mass is 287 g/mol. The summed E-state index contributed by atoms with van der Waals surface area (Å²) in [5.41, 5.74) is 8.72. The molecule has 1 rings (SSSR count). The van der Waals surface area contributed by atoms with E-state index in [1.807, 2.05) is 6.07 Å². The minimum atomic E-state index is 0.103. The van der Waals surface area contributed by atoms with E-state index < -0.39 is 0 Å². The van der Waals surface area contributed by atoms with Crippen molar-refractivity contribution in [2.75, 3.05) is 0 Å². The molecule has 2 unspecified atom stereocenters. The van der Waals surface area contributed by atoms with E-state index in [0.29, 0.717) is 0 Å². The third kappa shape index (κ3) is 9.25. The van der Waals surface area contributed by atoms with Crippen LogP contribution in [0.5, 0.6) is 0 Å². The zero-order valence-corrected chi connectivity index (χ0v) is 14.0. The van der Waals surface area contributed by atoms with Gasteiger partial charge in [-0.15, -0.1) is 13.2 Å². The molecular weight excluding hydrogens is 254 g/mol. The second-order valence-corrected chi connectivity index (χ2v) is 5.71. The molecule has 0 aliphatic carbocycles. The summed E-state index contributed by atoms with van der Waals surface area (Å²) in [6, 6.07) is 10.5. The van der Waals surface area contributed by atoms with Crippen molar-refractivity contribution >= 4 is 0 Å². The van der Waals surface area contributed by atoms with Gasteiger partial charge in [-0.25, -0.2) is 0 Å². The lowest BCUT2D eigenvalue weighted by atomic mass is 9.95. The fraction of sp³-hybridized carbons (Fsp3) is 0.500. The number of benzene rings is 1. The van der Waals surface area contributed by atoms with Crippen LogP contribution in [0.1, 0.15) is 51.5 Å². The van der Waals surface area contributed by atoms with Crippen molar-refractivity contribution < 1.29 is 0 Å². The number of unbranched alkanes of at least 4 members (excludes halogenated alkanes) is 1. The lowest BCUT2D eigenvalue weighted by Crippen LogP contribution is -2.24. The molecule has 0 aliphatic rings. The minimum Gasteiger partial charge on any atom is -0.324 e. The Bertz CT molecular complexity index is 369. The van der Waals surface area contributed by atoms with Gasteiger partial charge in [-0.05, 0) is 30.7 Å². The van der Waals surface area contributed by atoms with Crippen LogP contribution in [-0.2, 0) is 6.42 Å². The molecule has 0 aromatic heterocycles. The lowest BCUT2D eigenvalue weighted by molar-refractivity contribution is 0.482. The van der Waals surface area contributed by atoms with Gasteiger partial charge in [-0.3, -0.25) is 0 Å². The van der Waals surface area contributed by atoms with Crippen molar-refractivity contribution in [2.45, 2.75) is 58.4 Å². The summed E-state index contributed by atoms with van der Waals surface area (Å²) in [5.74, 6) is 0.853. The highest BCUT2D eigenvalue weighted by atomic mass is 14.6. The van der Waals surface area contributed by atoms with Crippen molar-refractivity contribution in [3.05, 3.63) is 61.2 Å². The van der Waals surface area contributed by atoms with Crippen molar-refractivity contribution in [3.63, 3.8) is 0 Å². The fourth-order valence-electron chi connectivity index (χ4n) is 2.25. The Morgan fingerprint density at radius 1 is 1.14 bits per heavy atom. The first-order chi connectivity index (χ1) is 10.1. The summed E-state index contributed by atoms with van der Waals surface area (Å²) in [6.45, 7) is 14.8. The van der Waals surface area contributed by atoms with E-state index in [4.69, 9.17) is 5.73 Å². The molecule has 0 amide bonds. The summed E-state index contributed by atoms with van der Waals surface area (Å²) in [5, 5.41) is 0. The second kappa shape index (κ2) is 12.4. The summed E-state index contributed by atoms with van der Waals surface area (Å²) < 4.78 is 0. The highest BCUT2D eigenvalue weighted by molar-refractivity contribution is 5.19. The first-order valence-electron chi connectivity index (χ1n) is 8.10. The molecule has 1 aromatic carbocycles. The topological polar surface area (TPSA) is 26.0 Å². The van der Waals surface area contributed by atoms with Crippen LogP contribution in [0.4, 0.5) is 0 Å².